The van der Waals surface area contributed by atoms with Crippen molar-refractivity contribution in [2.45, 2.75) is 6.54 Å². The van der Waals surface area contributed by atoms with E-state index in [0.29, 0.717) is 17.1 Å². The molecular weight excluding hydrogens is 292 g/mol. The summed E-state index contributed by atoms with van der Waals surface area (Å²) in [6.07, 6.45) is 1.54. The maximum absolute atomic E-state index is 11.2. The highest BCUT2D eigenvalue weighted by Gasteiger charge is 2.17. The van der Waals surface area contributed by atoms with E-state index in [2.05, 4.69) is 4.98 Å². The number of rotatable bonds is 3. The molecule has 3 rings (SSSR count). The Hall–Kier alpha value is -2.53. The average molecular weight is 303 g/mol. The molecule has 2 N–H and O–H groups in total. The van der Waals surface area contributed by atoms with Crippen LogP contribution in [0.1, 0.15) is 15.9 Å². The molecule has 0 radical (unpaired) electrons. The van der Waals surface area contributed by atoms with Crippen LogP contribution >= 0.6 is 11.6 Å². The number of halogens is 1. The first-order valence-corrected chi connectivity index (χ1v) is 6.59. The Morgan fingerprint density at radius 3 is 2.71 bits per heavy atom. The standard InChI is InChI=1S/C15H11ClN2O3/c16-10-4-2-1-3-9(10)7-18-8-17-14-11(18)5-6-12(19)13(14)15(20)21/h1-6,8,19H,7H2,(H,20,21). The second-order valence-corrected chi connectivity index (χ2v) is 5.00. The predicted molar refractivity (Wildman–Crippen MR) is 78.9 cm³/mol. The minimum atomic E-state index is -1.21. The number of imidazole rings is 1. The highest BCUT2D eigenvalue weighted by atomic mass is 35.5. The maximum atomic E-state index is 11.2. The van der Waals surface area contributed by atoms with Gasteiger partial charge in [0.05, 0.1) is 18.4 Å². The quantitative estimate of drug-likeness (QED) is 0.779. The Labute approximate surface area is 125 Å². The van der Waals surface area contributed by atoms with Crippen molar-refractivity contribution < 1.29 is 15.0 Å². The van der Waals surface area contributed by atoms with Gasteiger partial charge < -0.3 is 14.8 Å². The lowest BCUT2D eigenvalue weighted by Gasteiger charge is -2.07. The lowest BCUT2D eigenvalue weighted by molar-refractivity contribution is 0.0696. The van der Waals surface area contributed by atoms with Crippen molar-refractivity contribution in [3.63, 3.8) is 0 Å². The van der Waals surface area contributed by atoms with Crippen LogP contribution in [0.3, 0.4) is 0 Å². The first-order chi connectivity index (χ1) is 10.1. The van der Waals surface area contributed by atoms with Crippen LogP contribution in [-0.4, -0.2) is 25.7 Å². The van der Waals surface area contributed by atoms with Crippen molar-refractivity contribution in [2.75, 3.05) is 0 Å². The number of aromatic hydroxyl groups is 1. The molecule has 0 saturated carbocycles. The fraction of sp³-hybridized carbons (Fsp3) is 0.0667. The lowest BCUT2D eigenvalue weighted by atomic mass is 10.1. The van der Waals surface area contributed by atoms with Gasteiger partial charge >= 0.3 is 5.97 Å². The topological polar surface area (TPSA) is 75.3 Å². The number of aromatic nitrogens is 2. The van der Waals surface area contributed by atoms with Crippen LogP contribution < -0.4 is 0 Å². The summed E-state index contributed by atoms with van der Waals surface area (Å²) in [5.41, 5.74) is 1.61. The summed E-state index contributed by atoms with van der Waals surface area (Å²) >= 11 is 6.13. The average Bonchev–Trinajstić information content (AvgIpc) is 2.83. The van der Waals surface area contributed by atoms with Gasteiger partial charge in [0.25, 0.3) is 0 Å². The van der Waals surface area contributed by atoms with E-state index in [1.165, 1.54) is 6.07 Å². The van der Waals surface area contributed by atoms with Gasteiger partial charge in [-0.1, -0.05) is 29.8 Å². The molecule has 0 aliphatic heterocycles. The van der Waals surface area contributed by atoms with Gasteiger partial charge in [-0.15, -0.1) is 0 Å². The van der Waals surface area contributed by atoms with Crippen molar-refractivity contribution in [3.8, 4) is 5.75 Å². The third kappa shape index (κ3) is 2.32. The van der Waals surface area contributed by atoms with Crippen LogP contribution in [0.4, 0.5) is 0 Å². The largest absolute Gasteiger partial charge is 0.507 e. The first-order valence-electron chi connectivity index (χ1n) is 6.21. The molecule has 0 bridgehead atoms. The third-order valence-corrected chi connectivity index (χ3v) is 3.65. The summed E-state index contributed by atoms with van der Waals surface area (Å²) in [4.78, 5) is 15.3. The molecule has 0 aliphatic carbocycles. The fourth-order valence-electron chi connectivity index (χ4n) is 2.27. The van der Waals surface area contributed by atoms with Gasteiger partial charge in [-0.25, -0.2) is 9.78 Å². The molecular formula is C15H11ClN2O3. The number of benzene rings is 2. The molecule has 106 valence electrons. The van der Waals surface area contributed by atoms with Gasteiger partial charge in [0.1, 0.15) is 16.8 Å². The zero-order valence-corrected chi connectivity index (χ0v) is 11.6. The second kappa shape index (κ2) is 5.10. The summed E-state index contributed by atoms with van der Waals surface area (Å²) in [5, 5.41) is 19.5. The van der Waals surface area contributed by atoms with E-state index >= 15 is 0 Å². The SMILES string of the molecule is O=C(O)c1c(O)ccc2c1ncn2Cc1ccccc1Cl. The molecule has 1 aromatic heterocycles. The molecule has 0 fully saturated rings. The van der Waals surface area contributed by atoms with E-state index in [0.717, 1.165) is 5.56 Å². The van der Waals surface area contributed by atoms with E-state index in [9.17, 15) is 15.0 Å². The zero-order valence-electron chi connectivity index (χ0n) is 10.8. The summed E-state index contributed by atoms with van der Waals surface area (Å²) in [7, 11) is 0. The van der Waals surface area contributed by atoms with Crippen molar-refractivity contribution in [3.05, 3.63) is 58.9 Å². The van der Waals surface area contributed by atoms with E-state index < -0.39 is 5.97 Å². The van der Waals surface area contributed by atoms with Crippen LogP contribution in [0.2, 0.25) is 5.02 Å². The van der Waals surface area contributed by atoms with Crippen LogP contribution in [0, 0.1) is 0 Å². The number of hydrogen-bond donors (Lipinski definition) is 2. The van der Waals surface area contributed by atoms with Gasteiger partial charge in [0.15, 0.2) is 0 Å². The van der Waals surface area contributed by atoms with Gasteiger partial charge in [-0.05, 0) is 23.8 Å². The molecule has 21 heavy (non-hydrogen) atoms. The number of hydrogen-bond acceptors (Lipinski definition) is 3. The number of carboxylic acids is 1. The van der Waals surface area contributed by atoms with Crippen LogP contribution in [-0.2, 0) is 6.54 Å². The smallest absolute Gasteiger partial charge is 0.341 e. The molecule has 2 aromatic carbocycles. The van der Waals surface area contributed by atoms with Crippen molar-refractivity contribution >= 4 is 28.6 Å². The minimum Gasteiger partial charge on any atom is -0.507 e. The predicted octanol–water partition coefficient (Wildman–Crippen LogP) is 3.14. The molecule has 6 heteroatoms. The number of carboxylic acid groups (broad SMARTS) is 1. The first kappa shape index (κ1) is 13.5. The molecule has 0 atom stereocenters. The molecule has 0 saturated heterocycles. The molecule has 1 heterocycles. The number of nitrogens with zero attached hydrogens (tertiary/aromatic N) is 2. The monoisotopic (exact) mass is 302 g/mol. The number of fused-ring (bicyclic) bond motifs is 1. The second-order valence-electron chi connectivity index (χ2n) is 4.60. The van der Waals surface area contributed by atoms with Crippen LogP contribution in [0.25, 0.3) is 11.0 Å². The van der Waals surface area contributed by atoms with E-state index in [1.807, 2.05) is 18.2 Å². The Kier molecular flexibility index (Phi) is 3.27. The molecule has 0 spiro atoms. The molecule has 0 aliphatic rings. The van der Waals surface area contributed by atoms with Crippen LogP contribution in [0.5, 0.6) is 5.75 Å². The highest BCUT2D eigenvalue weighted by Crippen LogP contribution is 2.27. The number of phenols is 1. The number of carbonyl (C=O) groups is 1. The van der Waals surface area contributed by atoms with Crippen molar-refractivity contribution in [2.24, 2.45) is 0 Å². The van der Waals surface area contributed by atoms with E-state index in [-0.39, 0.29) is 16.8 Å². The van der Waals surface area contributed by atoms with Crippen LogP contribution in [0.15, 0.2) is 42.7 Å². The number of aromatic carboxylic acids is 1. The molecule has 3 aromatic rings. The zero-order chi connectivity index (χ0) is 15.0. The molecule has 0 unspecified atom stereocenters. The summed E-state index contributed by atoms with van der Waals surface area (Å²) in [5.74, 6) is -1.50. The van der Waals surface area contributed by atoms with Gasteiger partial charge in [-0.2, -0.15) is 0 Å². The Bertz CT molecular complexity index is 842. The fourth-order valence-corrected chi connectivity index (χ4v) is 2.46. The Morgan fingerprint density at radius 2 is 2.00 bits per heavy atom. The molecule has 5 nitrogen and oxygen atoms in total. The highest BCUT2D eigenvalue weighted by molar-refractivity contribution is 6.31. The van der Waals surface area contributed by atoms with E-state index in [1.54, 1.807) is 23.0 Å². The normalized spacial score (nSPS) is 10.9. The lowest BCUT2D eigenvalue weighted by Crippen LogP contribution is -2.01. The van der Waals surface area contributed by atoms with Crippen molar-refractivity contribution in [1.29, 1.82) is 0 Å². The summed E-state index contributed by atoms with van der Waals surface area (Å²) in [6, 6.07) is 10.4. The van der Waals surface area contributed by atoms with E-state index in [4.69, 9.17) is 11.6 Å². The summed E-state index contributed by atoms with van der Waals surface area (Å²) in [6.45, 7) is 0.472. The van der Waals surface area contributed by atoms with Crippen molar-refractivity contribution in [1.82, 2.24) is 9.55 Å². The van der Waals surface area contributed by atoms with Gasteiger partial charge in [-0.3, -0.25) is 0 Å². The minimum absolute atomic E-state index is 0.189. The Morgan fingerprint density at radius 1 is 1.24 bits per heavy atom. The van der Waals surface area contributed by atoms with Gasteiger partial charge in [0.2, 0.25) is 0 Å². The Balaban J connectivity index is 2.12. The van der Waals surface area contributed by atoms with Gasteiger partial charge in [0, 0.05) is 5.02 Å². The maximum Gasteiger partial charge on any atom is 0.341 e. The summed E-state index contributed by atoms with van der Waals surface area (Å²) < 4.78 is 1.79. The third-order valence-electron chi connectivity index (χ3n) is 3.28. The molecule has 0 amide bonds.